The number of nitrogens with one attached hydrogen (secondary N) is 2. The number of nitrogens with zero attached hydrogens (tertiary/aromatic N) is 1. The lowest BCUT2D eigenvalue weighted by Crippen LogP contribution is -3.16. The zero-order valence-electron chi connectivity index (χ0n) is 17.2. The molecule has 1 aromatic carbocycles. The summed E-state index contributed by atoms with van der Waals surface area (Å²) in [4.78, 5) is 17.4. The van der Waals surface area contributed by atoms with Gasteiger partial charge in [-0.15, -0.1) is 11.3 Å². The maximum atomic E-state index is 14.1. The molecule has 1 aromatic heterocycles. The van der Waals surface area contributed by atoms with Gasteiger partial charge in [0, 0.05) is 5.41 Å². The first kappa shape index (κ1) is 20.8. The summed E-state index contributed by atoms with van der Waals surface area (Å²) >= 11 is 1.74. The smallest absolute Gasteiger partial charge is 0.225 e. The first-order valence-electron chi connectivity index (χ1n) is 9.96. The second-order valence-corrected chi connectivity index (χ2v) is 9.58. The van der Waals surface area contributed by atoms with Crippen LogP contribution in [0, 0.1) is 11.2 Å². The van der Waals surface area contributed by atoms with Gasteiger partial charge in [0.2, 0.25) is 5.91 Å². The Hall–Kier alpha value is -1.92. The summed E-state index contributed by atoms with van der Waals surface area (Å²) in [5, 5.41) is 5.32. The third kappa shape index (κ3) is 4.73. The SMILES string of the molecule is C[C@@H](NC(=O)C(C)(C)C)[C@@H](c1cccs1)[NH+]1CCN(c2ccccc2F)CC1. The molecule has 1 amide bonds. The molecule has 2 N–H and O–H groups in total. The van der Waals surface area contributed by atoms with Gasteiger partial charge in [-0.2, -0.15) is 0 Å². The van der Waals surface area contributed by atoms with E-state index in [1.54, 1.807) is 17.4 Å². The van der Waals surface area contributed by atoms with Crippen molar-refractivity contribution in [3.05, 3.63) is 52.5 Å². The maximum absolute atomic E-state index is 14.1. The third-order valence-corrected chi connectivity index (χ3v) is 6.38. The van der Waals surface area contributed by atoms with Crippen LogP contribution in [0.3, 0.4) is 0 Å². The van der Waals surface area contributed by atoms with Crippen molar-refractivity contribution in [3.63, 3.8) is 0 Å². The predicted octanol–water partition coefficient (Wildman–Crippen LogP) is 2.88. The number of halogens is 1. The molecule has 3 rings (SSSR count). The van der Waals surface area contributed by atoms with Gasteiger partial charge in [0.05, 0.1) is 42.8 Å². The Morgan fingerprint density at radius 3 is 2.43 bits per heavy atom. The average Bonchev–Trinajstić information content (AvgIpc) is 3.16. The van der Waals surface area contributed by atoms with E-state index in [-0.39, 0.29) is 23.8 Å². The number of quaternary nitrogens is 1. The highest BCUT2D eigenvalue weighted by Crippen LogP contribution is 2.23. The highest BCUT2D eigenvalue weighted by molar-refractivity contribution is 7.10. The number of thiophene rings is 1. The Morgan fingerprint density at radius 2 is 1.86 bits per heavy atom. The lowest BCUT2D eigenvalue weighted by molar-refractivity contribution is -0.933. The van der Waals surface area contributed by atoms with E-state index in [4.69, 9.17) is 0 Å². The molecule has 0 bridgehead atoms. The van der Waals surface area contributed by atoms with Gasteiger partial charge in [0.15, 0.2) is 0 Å². The van der Waals surface area contributed by atoms with E-state index in [0.717, 1.165) is 26.2 Å². The fourth-order valence-corrected chi connectivity index (χ4v) is 4.82. The fourth-order valence-electron chi connectivity index (χ4n) is 3.83. The number of amides is 1. The van der Waals surface area contributed by atoms with Crippen LogP contribution in [-0.2, 0) is 4.79 Å². The van der Waals surface area contributed by atoms with Crippen LogP contribution in [0.1, 0.15) is 38.6 Å². The number of carbonyl (C=O) groups is 1. The van der Waals surface area contributed by atoms with Crippen molar-refractivity contribution >= 4 is 22.9 Å². The van der Waals surface area contributed by atoms with Crippen LogP contribution in [0.5, 0.6) is 0 Å². The van der Waals surface area contributed by atoms with Crippen molar-refractivity contribution in [2.45, 2.75) is 39.8 Å². The van der Waals surface area contributed by atoms with E-state index in [1.165, 1.54) is 15.8 Å². The quantitative estimate of drug-likeness (QED) is 0.804. The summed E-state index contributed by atoms with van der Waals surface area (Å²) in [6, 6.07) is 11.4. The number of piperazine rings is 1. The second-order valence-electron chi connectivity index (χ2n) is 8.60. The van der Waals surface area contributed by atoms with Crippen LogP contribution < -0.4 is 15.1 Å². The molecule has 0 spiro atoms. The Labute approximate surface area is 171 Å². The normalized spacial score (nSPS) is 18.0. The molecule has 2 aromatic rings. The van der Waals surface area contributed by atoms with Gasteiger partial charge in [-0.1, -0.05) is 39.0 Å². The summed E-state index contributed by atoms with van der Waals surface area (Å²) in [5.41, 5.74) is 0.274. The van der Waals surface area contributed by atoms with Crippen molar-refractivity contribution in [1.82, 2.24) is 5.32 Å². The molecule has 1 saturated heterocycles. The van der Waals surface area contributed by atoms with E-state index in [0.29, 0.717) is 5.69 Å². The van der Waals surface area contributed by atoms with Crippen LogP contribution in [-0.4, -0.2) is 38.1 Å². The Morgan fingerprint density at radius 1 is 1.18 bits per heavy atom. The molecular weight excluding hydrogens is 373 g/mol. The highest BCUT2D eigenvalue weighted by Gasteiger charge is 2.36. The van der Waals surface area contributed by atoms with Gasteiger partial charge < -0.3 is 15.1 Å². The van der Waals surface area contributed by atoms with Crippen LogP contribution >= 0.6 is 11.3 Å². The average molecular weight is 405 g/mol. The molecule has 152 valence electrons. The molecule has 1 fully saturated rings. The number of benzene rings is 1. The third-order valence-electron chi connectivity index (χ3n) is 5.43. The van der Waals surface area contributed by atoms with Crippen molar-refractivity contribution < 1.29 is 14.1 Å². The van der Waals surface area contributed by atoms with E-state index in [2.05, 4.69) is 34.7 Å². The lowest BCUT2D eigenvalue weighted by atomic mass is 9.94. The predicted molar refractivity (Wildman–Crippen MR) is 113 cm³/mol. The Bertz CT molecular complexity index is 779. The van der Waals surface area contributed by atoms with Gasteiger partial charge >= 0.3 is 0 Å². The largest absolute Gasteiger partial charge is 0.358 e. The molecular formula is C22H31FN3OS+. The standard InChI is InChI=1S/C22H30FN3OS/c1-16(24-21(27)22(2,3)4)20(19-10-7-15-28-19)26-13-11-25(12-14-26)18-9-6-5-8-17(18)23/h5-10,15-16,20H,11-14H2,1-4H3,(H,24,27)/p+1/t16-,20+/m1/s1. The van der Waals surface area contributed by atoms with Gasteiger partial charge in [0.25, 0.3) is 0 Å². The van der Waals surface area contributed by atoms with E-state index in [9.17, 15) is 9.18 Å². The zero-order valence-corrected chi connectivity index (χ0v) is 18.0. The molecule has 2 atom stereocenters. The van der Waals surface area contributed by atoms with Crippen molar-refractivity contribution in [2.75, 3.05) is 31.1 Å². The number of anilines is 1. The molecule has 2 heterocycles. The van der Waals surface area contributed by atoms with E-state index >= 15 is 0 Å². The van der Waals surface area contributed by atoms with Gasteiger partial charge in [-0.3, -0.25) is 4.79 Å². The number of rotatable bonds is 5. The molecule has 6 heteroatoms. The molecule has 0 saturated carbocycles. The molecule has 28 heavy (non-hydrogen) atoms. The summed E-state index contributed by atoms with van der Waals surface area (Å²) in [7, 11) is 0. The lowest BCUT2D eigenvalue weighted by Gasteiger charge is -2.39. The Kier molecular flexibility index (Phi) is 6.40. The fraction of sp³-hybridized carbons (Fsp3) is 0.500. The van der Waals surface area contributed by atoms with E-state index < -0.39 is 5.41 Å². The van der Waals surface area contributed by atoms with Crippen LogP contribution in [0.4, 0.5) is 10.1 Å². The number of hydrogen-bond acceptors (Lipinski definition) is 3. The van der Waals surface area contributed by atoms with E-state index in [1.807, 2.05) is 32.9 Å². The summed E-state index contributed by atoms with van der Waals surface area (Å²) in [5.74, 6) is -0.0856. The molecule has 1 aliphatic heterocycles. The van der Waals surface area contributed by atoms with Crippen LogP contribution in [0.25, 0.3) is 0 Å². The molecule has 0 aliphatic carbocycles. The van der Waals surface area contributed by atoms with Gasteiger partial charge in [0.1, 0.15) is 11.9 Å². The number of carbonyl (C=O) groups excluding carboxylic acids is 1. The van der Waals surface area contributed by atoms with Crippen molar-refractivity contribution in [2.24, 2.45) is 5.41 Å². The minimum Gasteiger partial charge on any atom is -0.358 e. The van der Waals surface area contributed by atoms with Gasteiger partial charge in [-0.05, 0) is 30.5 Å². The molecule has 4 nitrogen and oxygen atoms in total. The van der Waals surface area contributed by atoms with Crippen LogP contribution in [0.15, 0.2) is 41.8 Å². The van der Waals surface area contributed by atoms with Gasteiger partial charge in [-0.25, -0.2) is 4.39 Å². The molecule has 0 unspecified atom stereocenters. The number of hydrogen-bond donors (Lipinski definition) is 2. The Balaban J connectivity index is 1.72. The zero-order chi connectivity index (χ0) is 20.3. The summed E-state index contributed by atoms with van der Waals surface area (Å²) in [6.07, 6.45) is 0. The summed E-state index contributed by atoms with van der Waals surface area (Å²) < 4.78 is 14.1. The first-order chi connectivity index (χ1) is 13.3. The van der Waals surface area contributed by atoms with Crippen molar-refractivity contribution in [3.8, 4) is 0 Å². The minimum atomic E-state index is -0.410. The minimum absolute atomic E-state index is 0.0281. The molecule has 0 radical (unpaired) electrons. The topological polar surface area (TPSA) is 36.8 Å². The summed E-state index contributed by atoms with van der Waals surface area (Å²) in [6.45, 7) is 11.3. The first-order valence-corrected chi connectivity index (χ1v) is 10.8. The van der Waals surface area contributed by atoms with Crippen LogP contribution in [0.2, 0.25) is 0 Å². The monoisotopic (exact) mass is 404 g/mol. The highest BCUT2D eigenvalue weighted by atomic mass is 32.1. The number of para-hydroxylation sites is 1. The molecule has 1 aliphatic rings. The second kappa shape index (κ2) is 8.62. The van der Waals surface area contributed by atoms with Crippen molar-refractivity contribution in [1.29, 1.82) is 0 Å². The maximum Gasteiger partial charge on any atom is 0.225 e.